The molecule has 4 heteroatoms. The van der Waals surface area contributed by atoms with Crippen LogP contribution in [-0.2, 0) is 13.6 Å². The summed E-state index contributed by atoms with van der Waals surface area (Å²) >= 11 is 0. The maximum absolute atomic E-state index is 8.58. The quantitative estimate of drug-likeness (QED) is 0.632. The Morgan fingerprint density at radius 2 is 2.29 bits per heavy atom. The SMILES string of the molecule is Cn1ccnc1CNCCCCCO. The molecule has 0 amide bonds. The van der Waals surface area contributed by atoms with E-state index in [1.54, 1.807) is 0 Å². The first-order valence-electron chi connectivity index (χ1n) is 5.12. The van der Waals surface area contributed by atoms with Crippen LogP contribution in [0.25, 0.3) is 0 Å². The molecule has 0 aliphatic rings. The van der Waals surface area contributed by atoms with Crippen molar-refractivity contribution in [2.24, 2.45) is 7.05 Å². The van der Waals surface area contributed by atoms with E-state index in [-0.39, 0.29) is 0 Å². The van der Waals surface area contributed by atoms with Crippen molar-refractivity contribution in [3.05, 3.63) is 18.2 Å². The zero-order valence-electron chi connectivity index (χ0n) is 8.74. The molecule has 0 unspecified atom stereocenters. The van der Waals surface area contributed by atoms with E-state index in [1.807, 2.05) is 24.0 Å². The number of nitrogens with zero attached hydrogens (tertiary/aromatic N) is 2. The summed E-state index contributed by atoms with van der Waals surface area (Å²) in [4.78, 5) is 4.21. The molecule has 1 rings (SSSR count). The van der Waals surface area contributed by atoms with Crippen LogP contribution in [0.1, 0.15) is 25.1 Å². The van der Waals surface area contributed by atoms with Crippen molar-refractivity contribution < 1.29 is 5.11 Å². The summed E-state index contributed by atoms with van der Waals surface area (Å²) in [7, 11) is 2.00. The predicted molar refractivity (Wildman–Crippen MR) is 55.9 cm³/mol. The maximum Gasteiger partial charge on any atom is 0.122 e. The Labute approximate surface area is 85.0 Å². The van der Waals surface area contributed by atoms with Crippen molar-refractivity contribution in [3.63, 3.8) is 0 Å². The van der Waals surface area contributed by atoms with E-state index in [1.165, 1.54) is 0 Å². The Morgan fingerprint density at radius 1 is 1.43 bits per heavy atom. The van der Waals surface area contributed by atoms with Gasteiger partial charge in [0.15, 0.2) is 0 Å². The van der Waals surface area contributed by atoms with Crippen LogP contribution in [-0.4, -0.2) is 27.8 Å². The molecule has 0 aliphatic carbocycles. The molecule has 0 aromatic carbocycles. The number of aryl methyl sites for hydroxylation is 1. The Bertz CT molecular complexity index is 247. The molecule has 4 nitrogen and oxygen atoms in total. The lowest BCUT2D eigenvalue weighted by atomic mass is 10.2. The minimum Gasteiger partial charge on any atom is -0.396 e. The molecule has 1 aromatic heterocycles. The van der Waals surface area contributed by atoms with Gasteiger partial charge in [-0.25, -0.2) is 4.98 Å². The topological polar surface area (TPSA) is 50.1 Å². The van der Waals surface area contributed by atoms with Gasteiger partial charge < -0.3 is 15.0 Å². The number of imidazole rings is 1. The molecule has 14 heavy (non-hydrogen) atoms. The normalized spacial score (nSPS) is 10.7. The number of unbranched alkanes of at least 4 members (excludes halogenated alkanes) is 2. The van der Waals surface area contributed by atoms with Crippen molar-refractivity contribution in [3.8, 4) is 0 Å². The van der Waals surface area contributed by atoms with Crippen LogP contribution < -0.4 is 5.32 Å². The lowest BCUT2D eigenvalue weighted by Gasteiger charge is -2.04. The van der Waals surface area contributed by atoms with Gasteiger partial charge in [-0.3, -0.25) is 0 Å². The Morgan fingerprint density at radius 3 is 2.93 bits per heavy atom. The second kappa shape index (κ2) is 6.56. The van der Waals surface area contributed by atoms with Crippen LogP contribution in [0.2, 0.25) is 0 Å². The van der Waals surface area contributed by atoms with Gasteiger partial charge in [0.25, 0.3) is 0 Å². The molecule has 0 aliphatic heterocycles. The average Bonchev–Trinajstić information content (AvgIpc) is 2.58. The highest BCUT2D eigenvalue weighted by atomic mass is 16.2. The molecule has 2 N–H and O–H groups in total. The number of nitrogens with one attached hydrogen (secondary N) is 1. The first kappa shape index (κ1) is 11.2. The van der Waals surface area contributed by atoms with Crippen molar-refractivity contribution in [1.29, 1.82) is 0 Å². The number of hydrogen-bond donors (Lipinski definition) is 2. The summed E-state index contributed by atoms with van der Waals surface area (Å²) in [6.45, 7) is 2.12. The summed E-state index contributed by atoms with van der Waals surface area (Å²) in [5.74, 6) is 1.06. The summed E-state index contributed by atoms with van der Waals surface area (Å²) in [5.41, 5.74) is 0. The van der Waals surface area contributed by atoms with E-state index in [9.17, 15) is 0 Å². The maximum atomic E-state index is 8.58. The van der Waals surface area contributed by atoms with Gasteiger partial charge in [-0.05, 0) is 25.8 Å². The van der Waals surface area contributed by atoms with Gasteiger partial charge in [-0.15, -0.1) is 0 Å². The Balaban J connectivity index is 2.02. The molecule has 1 heterocycles. The number of aliphatic hydroxyl groups excluding tert-OH is 1. The zero-order chi connectivity index (χ0) is 10.2. The predicted octanol–water partition coefficient (Wildman–Crippen LogP) is 0.672. The Hall–Kier alpha value is -0.870. The number of hydrogen-bond acceptors (Lipinski definition) is 3. The third kappa shape index (κ3) is 3.89. The van der Waals surface area contributed by atoms with E-state index in [0.29, 0.717) is 6.61 Å². The minimum atomic E-state index is 0.305. The summed E-state index contributed by atoms with van der Waals surface area (Å²) in [6, 6.07) is 0. The highest BCUT2D eigenvalue weighted by Crippen LogP contribution is 1.95. The first-order chi connectivity index (χ1) is 6.84. The third-order valence-corrected chi connectivity index (χ3v) is 2.22. The second-order valence-corrected chi connectivity index (χ2v) is 3.42. The van der Waals surface area contributed by atoms with Gasteiger partial charge in [-0.2, -0.15) is 0 Å². The number of aromatic nitrogens is 2. The van der Waals surface area contributed by atoms with E-state index in [2.05, 4.69) is 10.3 Å². The standard InChI is InChI=1S/C10H19N3O/c1-13-7-6-12-10(13)9-11-5-3-2-4-8-14/h6-7,11,14H,2-5,8-9H2,1H3. The van der Waals surface area contributed by atoms with Crippen LogP contribution in [0, 0.1) is 0 Å². The van der Waals surface area contributed by atoms with E-state index in [4.69, 9.17) is 5.11 Å². The largest absolute Gasteiger partial charge is 0.396 e. The average molecular weight is 197 g/mol. The molecule has 0 saturated heterocycles. The monoisotopic (exact) mass is 197 g/mol. The fourth-order valence-electron chi connectivity index (χ4n) is 1.31. The lowest BCUT2D eigenvalue weighted by molar-refractivity contribution is 0.283. The molecule has 0 saturated carbocycles. The van der Waals surface area contributed by atoms with Crippen LogP contribution in [0.5, 0.6) is 0 Å². The third-order valence-electron chi connectivity index (χ3n) is 2.22. The molecule has 80 valence electrons. The Kier molecular flexibility index (Phi) is 5.25. The van der Waals surface area contributed by atoms with Gasteiger partial charge in [-0.1, -0.05) is 0 Å². The number of rotatable bonds is 7. The zero-order valence-corrected chi connectivity index (χ0v) is 8.74. The smallest absolute Gasteiger partial charge is 0.122 e. The summed E-state index contributed by atoms with van der Waals surface area (Å²) < 4.78 is 2.01. The fourth-order valence-corrected chi connectivity index (χ4v) is 1.31. The first-order valence-corrected chi connectivity index (χ1v) is 5.12. The molecule has 0 radical (unpaired) electrons. The fraction of sp³-hybridized carbons (Fsp3) is 0.700. The van der Waals surface area contributed by atoms with Gasteiger partial charge in [0.05, 0.1) is 6.54 Å². The van der Waals surface area contributed by atoms with Gasteiger partial charge in [0.1, 0.15) is 5.82 Å². The van der Waals surface area contributed by atoms with Crippen molar-refractivity contribution >= 4 is 0 Å². The number of aliphatic hydroxyl groups is 1. The van der Waals surface area contributed by atoms with Gasteiger partial charge >= 0.3 is 0 Å². The molecule has 0 atom stereocenters. The highest BCUT2D eigenvalue weighted by molar-refractivity contribution is 4.90. The van der Waals surface area contributed by atoms with Gasteiger partial charge in [0, 0.05) is 26.0 Å². The summed E-state index contributed by atoms with van der Waals surface area (Å²) in [5, 5.41) is 11.9. The van der Waals surface area contributed by atoms with Crippen LogP contribution in [0.4, 0.5) is 0 Å². The molecule has 0 fully saturated rings. The second-order valence-electron chi connectivity index (χ2n) is 3.42. The minimum absolute atomic E-state index is 0.305. The van der Waals surface area contributed by atoms with Crippen molar-refractivity contribution in [2.45, 2.75) is 25.8 Å². The lowest BCUT2D eigenvalue weighted by Crippen LogP contribution is -2.17. The molecular formula is C10H19N3O. The van der Waals surface area contributed by atoms with Crippen LogP contribution in [0.3, 0.4) is 0 Å². The van der Waals surface area contributed by atoms with Crippen molar-refractivity contribution in [1.82, 2.24) is 14.9 Å². The highest BCUT2D eigenvalue weighted by Gasteiger charge is 1.96. The molecular weight excluding hydrogens is 178 g/mol. The van der Waals surface area contributed by atoms with Crippen LogP contribution in [0.15, 0.2) is 12.4 Å². The summed E-state index contributed by atoms with van der Waals surface area (Å²) in [6.07, 6.45) is 6.87. The van der Waals surface area contributed by atoms with E-state index in [0.717, 1.165) is 38.2 Å². The van der Waals surface area contributed by atoms with Crippen molar-refractivity contribution in [2.75, 3.05) is 13.2 Å². The molecule has 0 bridgehead atoms. The van der Waals surface area contributed by atoms with E-state index >= 15 is 0 Å². The van der Waals surface area contributed by atoms with Crippen LogP contribution >= 0.6 is 0 Å². The van der Waals surface area contributed by atoms with E-state index < -0.39 is 0 Å². The molecule has 1 aromatic rings. The molecule has 0 spiro atoms. The van der Waals surface area contributed by atoms with Gasteiger partial charge in [0.2, 0.25) is 0 Å².